The summed E-state index contributed by atoms with van der Waals surface area (Å²) in [5.41, 5.74) is 9.27. The number of anilines is 1. The third kappa shape index (κ3) is 2.63. The van der Waals surface area contributed by atoms with Gasteiger partial charge in [0.05, 0.1) is 0 Å². The van der Waals surface area contributed by atoms with Crippen molar-refractivity contribution in [2.75, 3.05) is 5.73 Å². The minimum atomic E-state index is 0.319. The lowest BCUT2D eigenvalue weighted by atomic mass is 9.98. The van der Waals surface area contributed by atoms with Crippen LogP contribution in [0.5, 0.6) is 0 Å². The van der Waals surface area contributed by atoms with Gasteiger partial charge >= 0.3 is 0 Å². The Bertz CT molecular complexity index is 734. The van der Waals surface area contributed by atoms with E-state index in [0.29, 0.717) is 10.9 Å². The van der Waals surface area contributed by atoms with E-state index in [1.165, 1.54) is 5.56 Å². The second-order valence-electron chi connectivity index (χ2n) is 4.99. The first-order valence-corrected chi connectivity index (χ1v) is 6.90. The van der Waals surface area contributed by atoms with E-state index in [-0.39, 0.29) is 0 Å². The van der Waals surface area contributed by atoms with Crippen molar-refractivity contribution in [1.82, 2.24) is 4.98 Å². The average Bonchev–Trinajstić information content (AvgIpc) is 2.80. The Morgan fingerprint density at radius 1 is 1.20 bits per heavy atom. The Kier molecular flexibility index (Phi) is 3.36. The smallest absolute Gasteiger partial charge is 0.196 e. The minimum absolute atomic E-state index is 0.319. The quantitative estimate of drug-likeness (QED) is 0.726. The zero-order chi connectivity index (χ0) is 14.1. The van der Waals surface area contributed by atoms with Crippen molar-refractivity contribution in [2.24, 2.45) is 0 Å². The Morgan fingerprint density at radius 3 is 2.70 bits per heavy atom. The van der Waals surface area contributed by atoms with Crippen molar-refractivity contribution in [3.05, 3.63) is 58.9 Å². The zero-order valence-corrected chi connectivity index (χ0v) is 11.9. The first kappa shape index (κ1) is 13.0. The Labute approximate surface area is 122 Å². The first-order valence-electron chi connectivity index (χ1n) is 6.52. The van der Waals surface area contributed by atoms with Crippen molar-refractivity contribution in [2.45, 2.75) is 19.3 Å². The van der Waals surface area contributed by atoms with Gasteiger partial charge in [-0.3, -0.25) is 0 Å². The SMILES string of the molecule is CC(Cc1nc2cc(Cl)ccc2o1)c1ccc(N)cc1. The largest absolute Gasteiger partial charge is 0.441 e. The molecule has 0 aliphatic heterocycles. The normalized spacial score (nSPS) is 12.7. The predicted octanol–water partition coefficient (Wildman–Crippen LogP) is 4.41. The summed E-state index contributed by atoms with van der Waals surface area (Å²) < 4.78 is 5.74. The monoisotopic (exact) mass is 286 g/mol. The minimum Gasteiger partial charge on any atom is -0.441 e. The lowest BCUT2D eigenvalue weighted by Crippen LogP contribution is -1.99. The Morgan fingerprint density at radius 2 is 1.95 bits per heavy atom. The number of hydrogen-bond acceptors (Lipinski definition) is 3. The maximum Gasteiger partial charge on any atom is 0.196 e. The molecule has 0 fully saturated rings. The third-order valence-corrected chi connectivity index (χ3v) is 3.62. The second kappa shape index (κ2) is 5.17. The van der Waals surface area contributed by atoms with E-state index in [0.717, 1.165) is 29.1 Å². The van der Waals surface area contributed by atoms with Gasteiger partial charge in [-0.1, -0.05) is 30.7 Å². The van der Waals surface area contributed by atoms with Crippen LogP contribution in [0, 0.1) is 0 Å². The molecule has 0 radical (unpaired) electrons. The summed E-state index contributed by atoms with van der Waals surface area (Å²) in [6, 6.07) is 13.4. The van der Waals surface area contributed by atoms with Crippen molar-refractivity contribution in [3.8, 4) is 0 Å². The van der Waals surface area contributed by atoms with Crippen LogP contribution in [0.3, 0.4) is 0 Å². The molecule has 4 heteroatoms. The molecule has 0 saturated carbocycles. The van der Waals surface area contributed by atoms with Gasteiger partial charge in [-0.2, -0.15) is 0 Å². The molecular weight excluding hydrogens is 272 g/mol. The van der Waals surface area contributed by atoms with Gasteiger partial charge in [-0.05, 0) is 41.8 Å². The number of fused-ring (bicyclic) bond motifs is 1. The molecule has 3 rings (SSSR count). The molecule has 102 valence electrons. The van der Waals surface area contributed by atoms with E-state index in [1.807, 2.05) is 42.5 Å². The molecule has 3 nitrogen and oxygen atoms in total. The lowest BCUT2D eigenvalue weighted by Gasteiger charge is -2.09. The first-order chi connectivity index (χ1) is 9.61. The number of aromatic nitrogens is 1. The van der Waals surface area contributed by atoms with E-state index >= 15 is 0 Å². The molecule has 0 aliphatic rings. The number of oxazole rings is 1. The van der Waals surface area contributed by atoms with E-state index in [2.05, 4.69) is 11.9 Å². The molecule has 0 aliphatic carbocycles. The van der Waals surface area contributed by atoms with Gasteiger partial charge in [-0.15, -0.1) is 0 Å². The molecule has 0 bridgehead atoms. The van der Waals surface area contributed by atoms with Crippen LogP contribution in [0.15, 0.2) is 46.9 Å². The summed E-state index contributed by atoms with van der Waals surface area (Å²) in [5.74, 6) is 1.05. The molecule has 0 spiro atoms. The van der Waals surface area contributed by atoms with Crippen LogP contribution in [0.2, 0.25) is 5.02 Å². The van der Waals surface area contributed by atoms with Crippen LogP contribution in [-0.2, 0) is 6.42 Å². The maximum absolute atomic E-state index is 5.95. The van der Waals surface area contributed by atoms with Crippen LogP contribution in [0.4, 0.5) is 5.69 Å². The number of nitrogens with two attached hydrogens (primary N) is 1. The summed E-state index contributed by atoms with van der Waals surface area (Å²) in [7, 11) is 0. The van der Waals surface area contributed by atoms with Crippen LogP contribution in [0.1, 0.15) is 24.3 Å². The van der Waals surface area contributed by atoms with Gasteiger partial charge in [0.25, 0.3) is 0 Å². The summed E-state index contributed by atoms with van der Waals surface area (Å²) in [6.07, 6.45) is 0.746. The van der Waals surface area contributed by atoms with Gasteiger partial charge in [0.2, 0.25) is 0 Å². The number of hydrogen-bond donors (Lipinski definition) is 1. The van der Waals surface area contributed by atoms with E-state index in [4.69, 9.17) is 21.8 Å². The third-order valence-electron chi connectivity index (χ3n) is 3.38. The molecule has 0 saturated heterocycles. The van der Waals surface area contributed by atoms with Crippen LogP contribution >= 0.6 is 11.6 Å². The second-order valence-corrected chi connectivity index (χ2v) is 5.43. The summed E-state index contributed by atoms with van der Waals surface area (Å²) in [4.78, 5) is 4.48. The van der Waals surface area contributed by atoms with Crippen LogP contribution in [-0.4, -0.2) is 4.98 Å². The topological polar surface area (TPSA) is 52.0 Å². The molecule has 20 heavy (non-hydrogen) atoms. The van der Waals surface area contributed by atoms with Gasteiger partial charge in [0, 0.05) is 17.1 Å². The number of nitrogen functional groups attached to an aromatic ring is 1. The molecule has 1 aromatic heterocycles. The van der Waals surface area contributed by atoms with Crippen LogP contribution < -0.4 is 5.73 Å². The van der Waals surface area contributed by atoms with E-state index in [9.17, 15) is 0 Å². The van der Waals surface area contributed by atoms with Gasteiger partial charge < -0.3 is 10.2 Å². The van der Waals surface area contributed by atoms with Crippen molar-refractivity contribution >= 4 is 28.4 Å². The average molecular weight is 287 g/mol. The highest BCUT2D eigenvalue weighted by Crippen LogP contribution is 2.25. The molecule has 0 amide bonds. The Hall–Kier alpha value is -2.00. The fraction of sp³-hybridized carbons (Fsp3) is 0.188. The fourth-order valence-electron chi connectivity index (χ4n) is 2.24. The maximum atomic E-state index is 5.95. The molecular formula is C16H15ClN2O. The number of halogens is 1. The molecule has 1 atom stereocenters. The van der Waals surface area contributed by atoms with Gasteiger partial charge in [-0.25, -0.2) is 4.98 Å². The van der Waals surface area contributed by atoms with Gasteiger partial charge in [0.1, 0.15) is 5.52 Å². The number of rotatable bonds is 3. The summed E-state index contributed by atoms with van der Waals surface area (Å²) in [5, 5.41) is 0.670. The van der Waals surface area contributed by atoms with Crippen molar-refractivity contribution < 1.29 is 4.42 Å². The van der Waals surface area contributed by atoms with Crippen LogP contribution in [0.25, 0.3) is 11.1 Å². The predicted molar refractivity (Wildman–Crippen MR) is 82.0 cm³/mol. The number of benzene rings is 2. The zero-order valence-electron chi connectivity index (χ0n) is 11.1. The highest BCUT2D eigenvalue weighted by Gasteiger charge is 2.12. The standard InChI is InChI=1S/C16H15ClN2O/c1-10(11-2-5-13(18)6-3-11)8-16-19-14-9-12(17)4-7-15(14)20-16/h2-7,9-10H,8,18H2,1H3. The summed E-state index contributed by atoms with van der Waals surface area (Å²) >= 11 is 5.95. The Balaban J connectivity index is 1.83. The van der Waals surface area contributed by atoms with Crippen molar-refractivity contribution in [3.63, 3.8) is 0 Å². The van der Waals surface area contributed by atoms with Gasteiger partial charge in [0.15, 0.2) is 11.5 Å². The molecule has 1 unspecified atom stereocenters. The summed E-state index contributed by atoms with van der Waals surface area (Å²) in [6.45, 7) is 2.15. The lowest BCUT2D eigenvalue weighted by molar-refractivity contribution is 0.508. The molecule has 2 N–H and O–H groups in total. The molecule has 2 aromatic carbocycles. The number of nitrogens with zero attached hydrogens (tertiary/aromatic N) is 1. The highest BCUT2D eigenvalue weighted by molar-refractivity contribution is 6.31. The highest BCUT2D eigenvalue weighted by atomic mass is 35.5. The fourth-order valence-corrected chi connectivity index (χ4v) is 2.41. The molecule has 1 heterocycles. The van der Waals surface area contributed by atoms with E-state index in [1.54, 1.807) is 0 Å². The van der Waals surface area contributed by atoms with E-state index < -0.39 is 0 Å². The van der Waals surface area contributed by atoms with Crippen molar-refractivity contribution in [1.29, 1.82) is 0 Å². The molecule has 3 aromatic rings.